The standard InChI is InChI=1S/C25H27FN4O4/c26-18-5-7-19(8-6-18)34-22-9-10-30(16-17(22)15-23(31)29-11-13-33-14-12-29)25(32)24-20-3-1-2-4-21(20)27-28-24/h1-8,17,22H,9-16H2,(H,27,28)/t17-,22-/m0/s1. The van der Waals surface area contributed by atoms with Gasteiger partial charge in [0, 0.05) is 50.3 Å². The Balaban J connectivity index is 1.34. The number of para-hydroxylation sites is 1. The van der Waals surface area contributed by atoms with Gasteiger partial charge in [-0.2, -0.15) is 5.10 Å². The fourth-order valence-electron chi connectivity index (χ4n) is 4.68. The molecule has 2 aliphatic rings. The first-order valence-corrected chi connectivity index (χ1v) is 11.6. The lowest BCUT2D eigenvalue weighted by molar-refractivity contribution is -0.137. The number of hydrogen-bond donors (Lipinski definition) is 1. The topological polar surface area (TPSA) is 87.8 Å². The van der Waals surface area contributed by atoms with Crippen LogP contribution in [0.15, 0.2) is 48.5 Å². The number of carbonyl (C=O) groups is 2. The Morgan fingerprint density at radius 3 is 2.62 bits per heavy atom. The second kappa shape index (κ2) is 9.80. The first kappa shape index (κ1) is 22.3. The van der Waals surface area contributed by atoms with Crippen molar-refractivity contribution in [1.29, 1.82) is 0 Å². The van der Waals surface area contributed by atoms with E-state index in [1.807, 2.05) is 24.3 Å². The van der Waals surface area contributed by atoms with E-state index in [1.54, 1.807) is 21.9 Å². The van der Waals surface area contributed by atoms with Crippen LogP contribution in [0.2, 0.25) is 0 Å². The summed E-state index contributed by atoms with van der Waals surface area (Å²) in [6, 6.07) is 13.4. The van der Waals surface area contributed by atoms with Gasteiger partial charge < -0.3 is 19.3 Å². The molecule has 0 spiro atoms. The molecule has 2 atom stereocenters. The Bertz CT molecular complexity index is 1160. The van der Waals surface area contributed by atoms with Gasteiger partial charge >= 0.3 is 0 Å². The van der Waals surface area contributed by atoms with Crippen molar-refractivity contribution in [1.82, 2.24) is 20.0 Å². The number of nitrogens with one attached hydrogen (secondary N) is 1. The summed E-state index contributed by atoms with van der Waals surface area (Å²) in [6.07, 6.45) is 0.555. The van der Waals surface area contributed by atoms with Crippen LogP contribution in [0.1, 0.15) is 23.3 Å². The molecule has 1 N–H and O–H groups in total. The molecule has 0 bridgehead atoms. The molecule has 2 amide bonds. The molecule has 3 aromatic rings. The molecular weight excluding hydrogens is 439 g/mol. The number of fused-ring (bicyclic) bond motifs is 1. The largest absolute Gasteiger partial charge is 0.490 e. The van der Waals surface area contributed by atoms with E-state index in [-0.39, 0.29) is 36.1 Å². The SMILES string of the molecule is O=C(C[C@H]1CN(C(=O)c2n[nH]c3ccccc23)CC[C@@H]1Oc1ccc(F)cc1)N1CCOCC1. The number of hydrogen-bond acceptors (Lipinski definition) is 5. The molecule has 1 aromatic heterocycles. The molecule has 0 saturated carbocycles. The lowest BCUT2D eigenvalue weighted by Crippen LogP contribution is -2.50. The molecule has 0 aliphatic carbocycles. The van der Waals surface area contributed by atoms with Crippen LogP contribution in [0.4, 0.5) is 4.39 Å². The van der Waals surface area contributed by atoms with Gasteiger partial charge in [0.05, 0.1) is 18.7 Å². The number of H-pyrrole nitrogens is 1. The minimum atomic E-state index is -0.335. The summed E-state index contributed by atoms with van der Waals surface area (Å²) in [5.41, 5.74) is 1.19. The lowest BCUT2D eigenvalue weighted by atomic mass is 9.90. The first-order valence-electron chi connectivity index (χ1n) is 11.6. The first-order chi connectivity index (χ1) is 16.6. The van der Waals surface area contributed by atoms with Crippen molar-refractivity contribution in [2.45, 2.75) is 18.9 Å². The molecule has 178 valence electrons. The van der Waals surface area contributed by atoms with Crippen LogP contribution in [0.25, 0.3) is 10.9 Å². The number of amides is 2. The summed E-state index contributed by atoms with van der Waals surface area (Å²) >= 11 is 0. The van der Waals surface area contributed by atoms with Gasteiger partial charge in [0.1, 0.15) is 17.7 Å². The van der Waals surface area contributed by atoms with Crippen molar-refractivity contribution in [2.24, 2.45) is 5.92 Å². The van der Waals surface area contributed by atoms with E-state index >= 15 is 0 Å². The third-order valence-electron chi connectivity index (χ3n) is 6.53. The van der Waals surface area contributed by atoms with Crippen molar-refractivity contribution in [2.75, 3.05) is 39.4 Å². The molecule has 5 rings (SSSR count). The van der Waals surface area contributed by atoms with E-state index in [0.717, 1.165) is 10.9 Å². The summed E-state index contributed by atoms with van der Waals surface area (Å²) in [5.74, 6) is -0.128. The summed E-state index contributed by atoms with van der Waals surface area (Å²) in [5, 5.41) is 7.94. The van der Waals surface area contributed by atoms with Crippen LogP contribution in [-0.2, 0) is 9.53 Å². The molecule has 9 heteroatoms. The predicted molar refractivity (Wildman–Crippen MR) is 123 cm³/mol. The van der Waals surface area contributed by atoms with Crippen molar-refractivity contribution in [3.63, 3.8) is 0 Å². The average molecular weight is 467 g/mol. The normalized spacial score (nSPS) is 21.0. The summed E-state index contributed by atoms with van der Waals surface area (Å²) in [7, 11) is 0. The highest BCUT2D eigenvalue weighted by molar-refractivity contribution is 6.04. The molecule has 8 nitrogen and oxygen atoms in total. The lowest BCUT2D eigenvalue weighted by Gasteiger charge is -2.39. The number of aromatic nitrogens is 2. The zero-order valence-corrected chi connectivity index (χ0v) is 18.8. The average Bonchev–Trinajstić information content (AvgIpc) is 3.30. The van der Waals surface area contributed by atoms with Crippen LogP contribution < -0.4 is 4.74 Å². The van der Waals surface area contributed by atoms with Gasteiger partial charge in [-0.3, -0.25) is 14.7 Å². The van der Waals surface area contributed by atoms with Gasteiger partial charge in [0.15, 0.2) is 5.69 Å². The highest BCUT2D eigenvalue weighted by Gasteiger charge is 2.36. The second-order valence-electron chi connectivity index (χ2n) is 8.73. The fourth-order valence-corrected chi connectivity index (χ4v) is 4.68. The quantitative estimate of drug-likeness (QED) is 0.625. The third-order valence-corrected chi connectivity index (χ3v) is 6.53. The van der Waals surface area contributed by atoms with E-state index in [2.05, 4.69) is 10.2 Å². The minimum Gasteiger partial charge on any atom is -0.490 e. The van der Waals surface area contributed by atoms with Crippen LogP contribution in [0.3, 0.4) is 0 Å². The molecular formula is C25H27FN4O4. The molecule has 2 saturated heterocycles. The number of likely N-dealkylation sites (tertiary alicyclic amines) is 1. The monoisotopic (exact) mass is 466 g/mol. The number of benzene rings is 2. The number of aromatic amines is 1. The summed E-state index contributed by atoms with van der Waals surface area (Å²) < 4.78 is 24.9. The van der Waals surface area contributed by atoms with Gasteiger partial charge in [-0.25, -0.2) is 4.39 Å². The number of morpholine rings is 1. The molecule has 0 radical (unpaired) electrons. The summed E-state index contributed by atoms with van der Waals surface area (Å²) in [6.45, 7) is 3.05. The van der Waals surface area contributed by atoms with E-state index in [0.29, 0.717) is 57.3 Å². The number of ether oxygens (including phenoxy) is 2. The van der Waals surface area contributed by atoms with Crippen LogP contribution in [-0.4, -0.2) is 77.3 Å². The van der Waals surface area contributed by atoms with Crippen molar-refractivity contribution < 1.29 is 23.5 Å². The molecule has 3 heterocycles. The van der Waals surface area contributed by atoms with Gasteiger partial charge in [-0.15, -0.1) is 0 Å². The minimum absolute atomic E-state index is 0.0283. The van der Waals surface area contributed by atoms with Crippen LogP contribution >= 0.6 is 0 Å². The molecule has 2 aromatic carbocycles. The van der Waals surface area contributed by atoms with E-state index in [9.17, 15) is 14.0 Å². The number of rotatable bonds is 5. The van der Waals surface area contributed by atoms with Gasteiger partial charge in [-0.1, -0.05) is 18.2 Å². The maximum absolute atomic E-state index is 13.4. The van der Waals surface area contributed by atoms with E-state index < -0.39 is 0 Å². The molecule has 0 unspecified atom stereocenters. The Morgan fingerprint density at radius 2 is 1.82 bits per heavy atom. The van der Waals surface area contributed by atoms with Crippen LogP contribution in [0, 0.1) is 11.7 Å². The number of piperidine rings is 1. The molecule has 34 heavy (non-hydrogen) atoms. The van der Waals surface area contributed by atoms with Crippen molar-refractivity contribution in [3.8, 4) is 5.75 Å². The Labute approximate surface area is 196 Å². The van der Waals surface area contributed by atoms with Gasteiger partial charge in [0.25, 0.3) is 5.91 Å². The number of carbonyl (C=O) groups excluding carboxylic acids is 2. The van der Waals surface area contributed by atoms with Gasteiger partial charge in [0.2, 0.25) is 5.91 Å². The Kier molecular flexibility index (Phi) is 6.44. The zero-order valence-electron chi connectivity index (χ0n) is 18.8. The second-order valence-corrected chi connectivity index (χ2v) is 8.73. The smallest absolute Gasteiger partial charge is 0.275 e. The highest BCUT2D eigenvalue weighted by Crippen LogP contribution is 2.28. The number of nitrogens with zero attached hydrogens (tertiary/aromatic N) is 3. The molecule has 2 fully saturated rings. The van der Waals surface area contributed by atoms with E-state index in [4.69, 9.17) is 9.47 Å². The Hall–Kier alpha value is -3.46. The predicted octanol–water partition coefficient (Wildman–Crippen LogP) is 2.86. The van der Waals surface area contributed by atoms with E-state index in [1.165, 1.54) is 12.1 Å². The summed E-state index contributed by atoms with van der Waals surface area (Å²) in [4.78, 5) is 30.0. The zero-order chi connectivity index (χ0) is 23.5. The van der Waals surface area contributed by atoms with Crippen LogP contribution in [0.5, 0.6) is 5.75 Å². The van der Waals surface area contributed by atoms with Crippen molar-refractivity contribution >= 4 is 22.7 Å². The highest BCUT2D eigenvalue weighted by atomic mass is 19.1. The Morgan fingerprint density at radius 1 is 1.06 bits per heavy atom. The van der Waals surface area contributed by atoms with Gasteiger partial charge in [-0.05, 0) is 30.3 Å². The fraction of sp³-hybridized carbons (Fsp3) is 0.400. The van der Waals surface area contributed by atoms with Crippen molar-refractivity contribution in [3.05, 3.63) is 60.0 Å². The maximum atomic E-state index is 13.4. The third kappa shape index (κ3) is 4.75. The number of halogens is 1. The maximum Gasteiger partial charge on any atom is 0.275 e. The molecule has 2 aliphatic heterocycles.